The van der Waals surface area contributed by atoms with Gasteiger partial charge in [0.25, 0.3) is 5.91 Å². The third-order valence-corrected chi connectivity index (χ3v) is 5.34. The smallest absolute Gasteiger partial charge is 0.256 e. The number of morpholine rings is 1. The summed E-state index contributed by atoms with van der Waals surface area (Å²) in [5.74, 6) is -0.00714. The van der Waals surface area contributed by atoms with E-state index in [1.165, 1.54) is 10.7 Å². The van der Waals surface area contributed by atoms with Crippen LogP contribution < -0.4 is 11.1 Å². The molecule has 4 rings (SSSR count). The van der Waals surface area contributed by atoms with Gasteiger partial charge in [0, 0.05) is 36.9 Å². The van der Waals surface area contributed by atoms with Gasteiger partial charge in [-0.25, -0.2) is 4.98 Å². The Hall–Kier alpha value is -2.68. The molecule has 0 bridgehead atoms. The number of benzene rings is 1. The van der Waals surface area contributed by atoms with E-state index in [1.54, 1.807) is 0 Å². The Morgan fingerprint density at radius 1 is 1.31 bits per heavy atom. The van der Waals surface area contributed by atoms with Gasteiger partial charge in [-0.15, -0.1) is 0 Å². The maximum Gasteiger partial charge on any atom is 0.256 e. The minimum absolute atomic E-state index is 0.00461. The molecule has 3 aromatic rings. The summed E-state index contributed by atoms with van der Waals surface area (Å²) in [6.07, 6.45) is 1.49. The molecule has 152 valence electrons. The predicted octanol–water partition coefficient (Wildman–Crippen LogP) is 2.08. The Morgan fingerprint density at radius 3 is 2.76 bits per heavy atom. The van der Waals surface area contributed by atoms with Gasteiger partial charge in [-0.1, -0.05) is 23.7 Å². The molecule has 29 heavy (non-hydrogen) atoms. The first-order valence-electron chi connectivity index (χ1n) is 9.49. The van der Waals surface area contributed by atoms with E-state index in [2.05, 4.69) is 20.3 Å². The maximum absolute atomic E-state index is 12.9. The molecule has 9 heteroatoms. The van der Waals surface area contributed by atoms with Gasteiger partial charge in [0.2, 0.25) is 0 Å². The van der Waals surface area contributed by atoms with Crippen LogP contribution in [0.5, 0.6) is 0 Å². The number of hydrogen-bond acceptors (Lipinski definition) is 6. The van der Waals surface area contributed by atoms with E-state index < -0.39 is 0 Å². The van der Waals surface area contributed by atoms with Gasteiger partial charge in [-0.3, -0.25) is 9.69 Å². The van der Waals surface area contributed by atoms with Crippen molar-refractivity contribution in [1.29, 1.82) is 0 Å². The van der Waals surface area contributed by atoms with Crippen molar-refractivity contribution >= 4 is 29.0 Å². The van der Waals surface area contributed by atoms with Crippen LogP contribution in [0.2, 0.25) is 5.02 Å². The number of rotatable bonds is 5. The highest BCUT2D eigenvalue weighted by atomic mass is 35.5. The van der Waals surface area contributed by atoms with Gasteiger partial charge in [-0.2, -0.15) is 9.61 Å². The van der Waals surface area contributed by atoms with Gasteiger partial charge in [0.15, 0.2) is 5.65 Å². The van der Waals surface area contributed by atoms with E-state index in [-0.39, 0.29) is 17.8 Å². The van der Waals surface area contributed by atoms with Crippen LogP contribution in [-0.4, -0.2) is 58.3 Å². The fraction of sp³-hybridized carbons (Fsp3) is 0.350. The van der Waals surface area contributed by atoms with Crippen molar-refractivity contribution in [3.05, 3.63) is 58.4 Å². The number of anilines is 1. The Labute approximate surface area is 173 Å². The number of halogens is 1. The van der Waals surface area contributed by atoms with Crippen molar-refractivity contribution in [3.8, 4) is 0 Å². The van der Waals surface area contributed by atoms with Gasteiger partial charge in [0.05, 0.1) is 30.5 Å². The molecule has 0 spiro atoms. The number of hydrogen-bond donors (Lipinski definition) is 2. The first kappa shape index (κ1) is 19.6. The lowest BCUT2D eigenvalue weighted by Crippen LogP contribution is -2.44. The van der Waals surface area contributed by atoms with Gasteiger partial charge in [-0.05, 0) is 24.6 Å². The zero-order valence-corrected chi connectivity index (χ0v) is 16.9. The normalized spacial score (nSPS) is 16.1. The Kier molecular flexibility index (Phi) is 5.66. The van der Waals surface area contributed by atoms with Gasteiger partial charge in [0.1, 0.15) is 5.82 Å². The molecule has 3 N–H and O–H groups in total. The quantitative estimate of drug-likeness (QED) is 0.663. The number of nitrogens with zero attached hydrogens (tertiary/aromatic N) is 4. The fourth-order valence-electron chi connectivity index (χ4n) is 3.56. The molecule has 8 nitrogen and oxygen atoms in total. The van der Waals surface area contributed by atoms with Crippen LogP contribution in [0.1, 0.15) is 27.7 Å². The molecule has 0 saturated carbocycles. The molecular weight excluding hydrogens is 392 g/mol. The molecule has 1 unspecified atom stereocenters. The summed E-state index contributed by atoms with van der Waals surface area (Å²) in [7, 11) is 0. The molecule has 1 aromatic carbocycles. The van der Waals surface area contributed by atoms with Crippen LogP contribution in [0.3, 0.4) is 0 Å². The van der Waals surface area contributed by atoms with Gasteiger partial charge >= 0.3 is 0 Å². The fourth-order valence-corrected chi connectivity index (χ4v) is 3.68. The molecule has 3 heterocycles. The summed E-state index contributed by atoms with van der Waals surface area (Å²) in [4.78, 5) is 19.4. The van der Waals surface area contributed by atoms with Crippen molar-refractivity contribution in [2.75, 3.05) is 38.6 Å². The summed E-state index contributed by atoms with van der Waals surface area (Å²) in [6.45, 7) is 5.22. The van der Waals surface area contributed by atoms with Crippen LogP contribution in [0.15, 0.2) is 36.5 Å². The average molecular weight is 415 g/mol. The van der Waals surface area contributed by atoms with Crippen molar-refractivity contribution in [3.63, 3.8) is 0 Å². The lowest BCUT2D eigenvalue weighted by molar-refractivity contribution is 0.0162. The predicted molar refractivity (Wildman–Crippen MR) is 111 cm³/mol. The number of amides is 1. The first-order valence-corrected chi connectivity index (χ1v) is 9.87. The van der Waals surface area contributed by atoms with Crippen molar-refractivity contribution in [2.24, 2.45) is 0 Å². The number of aromatic nitrogens is 3. The topological polar surface area (TPSA) is 97.8 Å². The second-order valence-corrected chi connectivity index (χ2v) is 7.47. The lowest BCUT2D eigenvalue weighted by Gasteiger charge is -2.35. The van der Waals surface area contributed by atoms with Crippen LogP contribution in [0, 0.1) is 6.92 Å². The van der Waals surface area contributed by atoms with Crippen LogP contribution in [0.4, 0.5) is 5.82 Å². The number of carbonyl (C=O) groups is 1. The van der Waals surface area contributed by atoms with E-state index >= 15 is 0 Å². The molecule has 1 saturated heterocycles. The molecule has 0 aliphatic carbocycles. The summed E-state index contributed by atoms with van der Waals surface area (Å²) >= 11 is 6.04. The van der Waals surface area contributed by atoms with Crippen molar-refractivity contribution in [1.82, 2.24) is 24.8 Å². The Balaban J connectivity index is 1.54. The van der Waals surface area contributed by atoms with Crippen LogP contribution in [-0.2, 0) is 4.74 Å². The number of aryl methyl sites for hydroxylation is 1. The standard InChI is InChI=1S/C20H23ClN6O2/c1-13-10-18-23-11-16(19(22)27(18)25-13)20(28)24-12-17(26-6-8-29-9-7-26)14-2-4-15(21)5-3-14/h2-5,10-11,17H,6-9,12,22H2,1H3,(H,24,28). The SMILES string of the molecule is Cc1cc2ncc(C(=O)NCC(c3ccc(Cl)cc3)N3CCOCC3)c(N)n2n1. The third kappa shape index (κ3) is 4.19. The average Bonchev–Trinajstić information content (AvgIpc) is 3.12. The molecule has 2 aromatic heterocycles. The molecule has 1 atom stereocenters. The largest absolute Gasteiger partial charge is 0.383 e. The zero-order valence-electron chi connectivity index (χ0n) is 16.1. The highest BCUT2D eigenvalue weighted by Crippen LogP contribution is 2.23. The summed E-state index contributed by atoms with van der Waals surface area (Å²) in [6, 6.07) is 9.52. The highest BCUT2D eigenvalue weighted by molar-refractivity contribution is 6.30. The monoisotopic (exact) mass is 414 g/mol. The molecule has 1 aliphatic rings. The summed E-state index contributed by atoms with van der Waals surface area (Å²) in [5, 5.41) is 7.98. The second kappa shape index (κ2) is 8.36. The van der Waals surface area contributed by atoms with Gasteiger partial charge < -0.3 is 15.8 Å². The van der Waals surface area contributed by atoms with E-state index in [1.807, 2.05) is 37.3 Å². The van der Waals surface area contributed by atoms with Crippen molar-refractivity contribution < 1.29 is 9.53 Å². The second-order valence-electron chi connectivity index (χ2n) is 7.04. The third-order valence-electron chi connectivity index (χ3n) is 5.08. The highest BCUT2D eigenvalue weighted by Gasteiger charge is 2.24. The maximum atomic E-state index is 12.9. The lowest BCUT2D eigenvalue weighted by atomic mass is 10.0. The number of nitrogens with one attached hydrogen (secondary N) is 1. The molecule has 1 fully saturated rings. The molecule has 0 radical (unpaired) electrons. The van der Waals surface area contributed by atoms with E-state index in [0.717, 1.165) is 24.3 Å². The minimum atomic E-state index is -0.280. The molecule has 1 aliphatic heterocycles. The Bertz CT molecular complexity index is 1010. The zero-order chi connectivity index (χ0) is 20.4. The van der Waals surface area contributed by atoms with Crippen LogP contribution in [0.25, 0.3) is 5.65 Å². The van der Waals surface area contributed by atoms with Crippen molar-refractivity contribution in [2.45, 2.75) is 13.0 Å². The molecule has 1 amide bonds. The van der Waals surface area contributed by atoms with Crippen LogP contribution >= 0.6 is 11.6 Å². The number of fused-ring (bicyclic) bond motifs is 1. The number of ether oxygens (including phenoxy) is 1. The van der Waals surface area contributed by atoms with E-state index in [0.29, 0.717) is 36.0 Å². The summed E-state index contributed by atoms with van der Waals surface area (Å²) < 4.78 is 6.96. The number of nitrogen functional groups attached to an aromatic ring is 1. The Morgan fingerprint density at radius 2 is 2.03 bits per heavy atom. The minimum Gasteiger partial charge on any atom is -0.383 e. The summed E-state index contributed by atoms with van der Waals surface area (Å²) in [5.41, 5.74) is 8.96. The number of nitrogens with two attached hydrogens (primary N) is 1. The van der Waals surface area contributed by atoms with E-state index in [9.17, 15) is 4.79 Å². The number of carbonyl (C=O) groups excluding carboxylic acids is 1. The molecular formula is C20H23ClN6O2. The first-order chi connectivity index (χ1) is 14.0. The van der Waals surface area contributed by atoms with E-state index in [4.69, 9.17) is 22.1 Å².